The number of nitrogens with zero attached hydrogens (tertiary/aromatic N) is 1. The lowest BCUT2D eigenvalue weighted by Gasteiger charge is -1.98. The molecule has 0 amide bonds. The van der Waals surface area contributed by atoms with Crippen LogP contribution in [0.4, 0.5) is 5.69 Å². The summed E-state index contributed by atoms with van der Waals surface area (Å²) in [6.45, 7) is 2.50. The molecule has 5 heteroatoms. The van der Waals surface area contributed by atoms with Gasteiger partial charge in [0.1, 0.15) is 0 Å². The smallest absolute Gasteiger partial charge is 0.269 e. The Bertz CT molecular complexity index is 286. The van der Waals surface area contributed by atoms with Crippen molar-refractivity contribution in [1.29, 1.82) is 0 Å². The van der Waals surface area contributed by atoms with Crippen molar-refractivity contribution in [3.8, 4) is 0 Å². The molecule has 4 nitrogen and oxygen atoms in total. The van der Waals surface area contributed by atoms with Crippen molar-refractivity contribution < 1.29 is 9.11 Å². The van der Waals surface area contributed by atoms with Crippen LogP contribution in [0, 0.1) is 10.1 Å². The molecule has 0 saturated heterocycles. The van der Waals surface area contributed by atoms with Gasteiger partial charge in [-0.2, -0.15) is 0 Å². The predicted molar refractivity (Wildman–Crippen MR) is 50.6 cm³/mol. The first kappa shape index (κ1) is 10.0. The SMILES string of the molecule is CCOSc1ccc([N+](=O)[O-])cc1. The maximum Gasteiger partial charge on any atom is 0.269 e. The molecule has 0 aromatic heterocycles. The molecular formula is C8H9NO3S. The normalized spacial score (nSPS) is 9.92. The third kappa shape index (κ3) is 3.04. The highest BCUT2D eigenvalue weighted by Crippen LogP contribution is 2.21. The molecule has 0 N–H and O–H groups in total. The highest BCUT2D eigenvalue weighted by atomic mass is 32.2. The summed E-state index contributed by atoms with van der Waals surface area (Å²) in [5, 5.41) is 10.3. The fourth-order valence-electron chi connectivity index (χ4n) is 0.750. The van der Waals surface area contributed by atoms with Gasteiger partial charge in [0.25, 0.3) is 5.69 Å². The summed E-state index contributed by atoms with van der Waals surface area (Å²) in [6.07, 6.45) is 0. The molecule has 0 spiro atoms. The van der Waals surface area contributed by atoms with Gasteiger partial charge in [-0.15, -0.1) is 0 Å². The van der Waals surface area contributed by atoms with Gasteiger partial charge in [-0.05, 0) is 19.1 Å². The van der Waals surface area contributed by atoms with Gasteiger partial charge in [0, 0.05) is 29.1 Å². The van der Waals surface area contributed by atoms with Gasteiger partial charge in [0.05, 0.1) is 11.5 Å². The minimum absolute atomic E-state index is 0.0980. The first-order valence-electron chi connectivity index (χ1n) is 3.78. The van der Waals surface area contributed by atoms with Crippen molar-refractivity contribution in [1.82, 2.24) is 0 Å². The first-order valence-corrected chi connectivity index (χ1v) is 4.52. The Hall–Kier alpha value is -1.07. The van der Waals surface area contributed by atoms with Crippen LogP contribution in [0.25, 0.3) is 0 Å². The molecular weight excluding hydrogens is 190 g/mol. The molecule has 0 aliphatic heterocycles. The Kier molecular flexibility index (Phi) is 3.72. The van der Waals surface area contributed by atoms with E-state index in [-0.39, 0.29) is 5.69 Å². The van der Waals surface area contributed by atoms with Gasteiger partial charge in [0.2, 0.25) is 0 Å². The topological polar surface area (TPSA) is 52.4 Å². The van der Waals surface area contributed by atoms with E-state index in [2.05, 4.69) is 0 Å². The Morgan fingerprint density at radius 2 is 2.08 bits per heavy atom. The van der Waals surface area contributed by atoms with Crippen LogP contribution >= 0.6 is 12.0 Å². The van der Waals surface area contributed by atoms with Crippen LogP contribution < -0.4 is 0 Å². The average Bonchev–Trinajstić information content (AvgIpc) is 2.15. The van der Waals surface area contributed by atoms with E-state index in [0.29, 0.717) is 6.61 Å². The van der Waals surface area contributed by atoms with Gasteiger partial charge in [-0.3, -0.25) is 10.1 Å². The average molecular weight is 199 g/mol. The zero-order valence-electron chi connectivity index (χ0n) is 7.10. The van der Waals surface area contributed by atoms with Crippen molar-refractivity contribution in [2.24, 2.45) is 0 Å². The van der Waals surface area contributed by atoms with Crippen LogP contribution in [0.3, 0.4) is 0 Å². The molecule has 0 atom stereocenters. The molecule has 0 saturated carbocycles. The molecule has 1 rings (SSSR count). The number of non-ortho nitro benzene ring substituents is 1. The standard InChI is InChI=1S/C8H9NO3S/c1-2-12-13-8-5-3-7(4-6-8)9(10)11/h3-6H,2H2,1H3. The van der Waals surface area contributed by atoms with Crippen molar-refractivity contribution in [3.63, 3.8) is 0 Å². The third-order valence-corrected chi connectivity index (χ3v) is 2.14. The summed E-state index contributed by atoms with van der Waals surface area (Å²) in [7, 11) is 0. The van der Waals surface area contributed by atoms with Gasteiger partial charge in [-0.25, -0.2) is 0 Å². The van der Waals surface area contributed by atoms with E-state index in [1.165, 1.54) is 24.2 Å². The number of nitro benzene ring substituents is 1. The lowest BCUT2D eigenvalue weighted by atomic mass is 10.3. The maximum absolute atomic E-state index is 10.3. The zero-order chi connectivity index (χ0) is 9.68. The second kappa shape index (κ2) is 4.84. The minimum Gasteiger partial charge on any atom is -0.311 e. The molecule has 0 radical (unpaired) electrons. The van der Waals surface area contributed by atoms with E-state index in [1.807, 2.05) is 6.92 Å². The summed E-state index contributed by atoms with van der Waals surface area (Å²) in [5.41, 5.74) is 0.0980. The lowest BCUT2D eigenvalue weighted by Crippen LogP contribution is -1.86. The Balaban J connectivity index is 2.64. The monoisotopic (exact) mass is 199 g/mol. The van der Waals surface area contributed by atoms with Crippen molar-refractivity contribution >= 4 is 17.7 Å². The summed E-state index contributed by atoms with van der Waals surface area (Å²) < 4.78 is 5.07. The molecule has 0 fully saturated rings. The van der Waals surface area contributed by atoms with E-state index in [4.69, 9.17) is 4.18 Å². The number of nitro groups is 1. The number of benzene rings is 1. The molecule has 1 aromatic rings. The van der Waals surface area contributed by atoms with E-state index < -0.39 is 4.92 Å². The van der Waals surface area contributed by atoms with Gasteiger partial charge in [-0.1, -0.05) is 0 Å². The van der Waals surface area contributed by atoms with Crippen LogP contribution in [0.1, 0.15) is 6.92 Å². The third-order valence-electron chi connectivity index (χ3n) is 1.32. The predicted octanol–water partition coefficient (Wildman–Crippen LogP) is 2.64. The largest absolute Gasteiger partial charge is 0.311 e. The van der Waals surface area contributed by atoms with Crippen LogP contribution in [0.15, 0.2) is 29.2 Å². The zero-order valence-corrected chi connectivity index (χ0v) is 7.91. The van der Waals surface area contributed by atoms with Crippen LogP contribution in [-0.4, -0.2) is 11.5 Å². The van der Waals surface area contributed by atoms with Gasteiger partial charge >= 0.3 is 0 Å². The maximum atomic E-state index is 10.3. The highest BCUT2D eigenvalue weighted by Gasteiger charge is 2.03. The van der Waals surface area contributed by atoms with E-state index in [1.54, 1.807) is 12.1 Å². The summed E-state index contributed by atoms with van der Waals surface area (Å²) in [4.78, 5) is 10.7. The van der Waals surface area contributed by atoms with Crippen LogP contribution in [0.5, 0.6) is 0 Å². The van der Waals surface area contributed by atoms with Crippen molar-refractivity contribution in [3.05, 3.63) is 34.4 Å². The van der Waals surface area contributed by atoms with Gasteiger partial charge < -0.3 is 4.18 Å². The molecule has 0 bridgehead atoms. The summed E-state index contributed by atoms with van der Waals surface area (Å²) >= 11 is 1.22. The molecule has 1 aromatic carbocycles. The van der Waals surface area contributed by atoms with Gasteiger partial charge in [0.15, 0.2) is 0 Å². The quantitative estimate of drug-likeness (QED) is 0.425. The van der Waals surface area contributed by atoms with Crippen molar-refractivity contribution in [2.45, 2.75) is 11.8 Å². The fraction of sp³-hybridized carbons (Fsp3) is 0.250. The van der Waals surface area contributed by atoms with Crippen LogP contribution in [-0.2, 0) is 4.18 Å². The second-order valence-corrected chi connectivity index (χ2v) is 3.11. The van der Waals surface area contributed by atoms with E-state index in [9.17, 15) is 10.1 Å². The second-order valence-electron chi connectivity index (χ2n) is 2.24. The Labute approximate surface area is 80.3 Å². The fourth-order valence-corrected chi connectivity index (χ4v) is 1.25. The Morgan fingerprint density at radius 1 is 1.46 bits per heavy atom. The van der Waals surface area contributed by atoms with E-state index >= 15 is 0 Å². The first-order chi connectivity index (χ1) is 6.24. The van der Waals surface area contributed by atoms with E-state index in [0.717, 1.165) is 4.90 Å². The lowest BCUT2D eigenvalue weighted by molar-refractivity contribution is -0.384. The number of hydrogen-bond donors (Lipinski definition) is 0. The highest BCUT2D eigenvalue weighted by molar-refractivity contribution is 7.94. The minimum atomic E-state index is -0.422. The molecule has 0 aliphatic carbocycles. The number of rotatable bonds is 4. The van der Waals surface area contributed by atoms with Crippen LogP contribution in [0.2, 0.25) is 0 Å². The summed E-state index contributed by atoms with van der Waals surface area (Å²) in [5.74, 6) is 0. The van der Waals surface area contributed by atoms with Crippen molar-refractivity contribution in [2.75, 3.05) is 6.61 Å². The molecule has 13 heavy (non-hydrogen) atoms. The molecule has 0 heterocycles. The molecule has 70 valence electrons. The molecule has 0 aliphatic rings. The Morgan fingerprint density at radius 3 is 2.54 bits per heavy atom. The number of hydrogen-bond acceptors (Lipinski definition) is 4. The summed E-state index contributed by atoms with van der Waals surface area (Å²) in [6, 6.07) is 6.25. The molecule has 0 unspecified atom stereocenters.